The predicted octanol–water partition coefficient (Wildman–Crippen LogP) is 4.50. The van der Waals surface area contributed by atoms with Gasteiger partial charge in [0, 0.05) is 66.5 Å². The van der Waals surface area contributed by atoms with Crippen molar-refractivity contribution in [1.29, 1.82) is 0 Å². The van der Waals surface area contributed by atoms with Crippen molar-refractivity contribution in [3.8, 4) is 39.5 Å². The van der Waals surface area contributed by atoms with Crippen LogP contribution in [-0.2, 0) is 11.3 Å². The number of aromatic nitrogens is 4. The topological polar surface area (TPSA) is 149 Å². The van der Waals surface area contributed by atoms with Crippen LogP contribution in [0.25, 0.3) is 39.3 Å². The molecule has 4 heterocycles. The van der Waals surface area contributed by atoms with Gasteiger partial charge in [0.1, 0.15) is 5.69 Å². The number of amides is 2. The number of fused-ring (bicyclic) bond motifs is 1. The largest absolute Gasteiger partial charge is 0.481 e. The number of carbonyl (C=O) groups is 2. The van der Waals surface area contributed by atoms with Crippen LogP contribution in [0.15, 0.2) is 66.9 Å². The number of methoxy groups -OCH3 is 1. The average molecular weight is 660 g/mol. The highest BCUT2D eigenvalue weighted by Gasteiger charge is 2.21. The number of benzene rings is 2. The lowest BCUT2D eigenvalue weighted by molar-refractivity contribution is -0.119. The van der Waals surface area contributed by atoms with Crippen LogP contribution in [0.1, 0.15) is 28.9 Å². The van der Waals surface area contributed by atoms with Crippen molar-refractivity contribution in [3.05, 3.63) is 88.2 Å². The third-order valence-electron chi connectivity index (χ3n) is 7.75. The van der Waals surface area contributed by atoms with Gasteiger partial charge in [0.2, 0.25) is 11.8 Å². The van der Waals surface area contributed by atoms with E-state index in [4.69, 9.17) is 38.7 Å². The molecule has 1 aliphatic rings. The minimum Gasteiger partial charge on any atom is -0.481 e. The van der Waals surface area contributed by atoms with Crippen molar-refractivity contribution in [2.24, 2.45) is 5.73 Å². The summed E-state index contributed by atoms with van der Waals surface area (Å²) >= 11 is 14.1. The summed E-state index contributed by atoms with van der Waals surface area (Å²) in [6, 6.07) is 19.0. The smallest absolute Gasteiger partial charge is 0.271 e. The molecule has 6 rings (SSSR count). The van der Waals surface area contributed by atoms with Gasteiger partial charge in [0.05, 0.1) is 34.7 Å². The average Bonchev–Trinajstić information content (AvgIpc) is 3.69. The van der Waals surface area contributed by atoms with Gasteiger partial charge in [-0.25, -0.2) is 14.5 Å². The van der Waals surface area contributed by atoms with Crippen LogP contribution in [0.5, 0.6) is 5.88 Å². The first-order valence-corrected chi connectivity index (χ1v) is 15.6. The Balaban J connectivity index is 1.26. The fourth-order valence-electron chi connectivity index (χ4n) is 5.43. The third-order valence-corrected chi connectivity index (χ3v) is 8.56. The van der Waals surface area contributed by atoms with Crippen LogP contribution in [0.4, 0.5) is 0 Å². The molecule has 2 amide bonds. The first-order chi connectivity index (χ1) is 22.4. The zero-order chi connectivity index (χ0) is 32.2. The van der Waals surface area contributed by atoms with E-state index in [1.807, 2.05) is 54.6 Å². The molecule has 5 N–H and O–H groups in total. The molecule has 0 spiro atoms. The minimum absolute atomic E-state index is 0.0928. The standard InChI is InChI=1S/C33H32Cl2N8O3/c1-46-33-19(16-37-17-20-9-13-29(44)39-20)8-10-25(41-33)23-6-2-4-21(30(23)34)22-5-3-7-24(31(22)35)26-11-12-28-40-27(18-43(28)42-26)32(45)38-15-14-36/h2-8,10-12,18,20,37H,9,13-17,36H2,1H3,(H,38,45)(H,39,44). The molecule has 0 saturated carbocycles. The van der Waals surface area contributed by atoms with Crippen LogP contribution in [0.2, 0.25) is 10.0 Å². The highest BCUT2D eigenvalue weighted by atomic mass is 35.5. The van der Waals surface area contributed by atoms with Gasteiger partial charge >= 0.3 is 0 Å². The summed E-state index contributed by atoms with van der Waals surface area (Å²) in [5.41, 5.74) is 11.3. The number of nitrogens with two attached hydrogens (primary N) is 1. The van der Waals surface area contributed by atoms with Crippen LogP contribution in [-0.4, -0.2) is 64.2 Å². The maximum Gasteiger partial charge on any atom is 0.271 e. The Kier molecular flexibility index (Phi) is 9.46. The Morgan fingerprint density at radius 2 is 1.70 bits per heavy atom. The number of ether oxygens (including phenoxy) is 1. The molecule has 5 aromatic rings. The summed E-state index contributed by atoms with van der Waals surface area (Å²) in [7, 11) is 1.59. The first kappa shape index (κ1) is 31.4. The Morgan fingerprint density at radius 1 is 1.00 bits per heavy atom. The van der Waals surface area contributed by atoms with Crippen molar-refractivity contribution in [2.45, 2.75) is 25.4 Å². The molecular formula is C33H32Cl2N8O3. The summed E-state index contributed by atoms with van der Waals surface area (Å²) in [5, 5.41) is 14.7. The number of rotatable bonds is 11. The maximum absolute atomic E-state index is 12.4. The van der Waals surface area contributed by atoms with Crippen molar-refractivity contribution in [1.82, 2.24) is 35.5 Å². The zero-order valence-corrected chi connectivity index (χ0v) is 26.5. The van der Waals surface area contributed by atoms with Crippen LogP contribution in [0, 0.1) is 0 Å². The molecule has 1 fully saturated rings. The third kappa shape index (κ3) is 6.54. The minimum atomic E-state index is -0.318. The highest BCUT2D eigenvalue weighted by Crippen LogP contribution is 2.42. The molecule has 1 atom stereocenters. The lowest BCUT2D eigenvalue weighted by Gasteiger charge is -2.15. The Hall–Kier alpha value is -4.55. The van der Waals surface area contributed by atoms with Crippen LogP contribution in [0.3, 0.4) is 0 Å². The van der Waals surface area contributed by atoms with Gasteiger partial charge in [-0.1, -0.05) is 65.7 Å². The SMILES string of the molecule is COc1nc(-c2cccc(-c3cccc(-c4ccc5nc(C(=O)NCCN)cn5n4)c3Cl)c2Cl)ccc1CNCC1CCC(=O)N1. The second-order valence-electron chi connectivity index (χ2n) is 10.8. The number of nitrogens with zero attached hydrogens (tertiary/aromatic N) is 4. The van der Waals surface area contributed by atoms with E-state index >= 15 is 0 Å². The van der Waals surface area contributed by atoms with E-state index < -0.39 is 0 Å². The van der Waals surface area contributed by atoms with Crippen molar-refractivity contribution < 1.29 is 14.3 Å². The molecule has 1 aliphatic heterocycles. The van der Waals surface area contributed by atoms with Gasteiger partial charge in [-0.3, -0.25) is 9.59 Å². The van der Waals surface area contributed by atoms with Gasteiger partial charge < -0.3 is 26.4 Å². The van der Waals surface area contributed by atoms with Gasteiger partial charge in [-0.05, 0) is 24.6 Å². The van der Waals surface area contributed by atoms with Crippen LogP contribution >= 0.6 is 23.2 Å². The van der Waals surface area contributed by atoms with E-state index in [2.05, 4.69) is 26.0 Å². The number of imidazole rings is 1. The molecule has 1 unspecified atom stereocenters. The molecule has 0 radical (unpaired) electrons. The zero-order valence-electron chi connectivity index (χ0n) is 25.0. The van der Waals surface area contributed by atoms with Gasteiger partial charge in [-0.15, -0.1) is 0 Å². The molecule has 0 bridgehead atoms. The Bertz CT molecular complexity index is 1930. The number of hydrogen-bond acceptors (Lipinski definition) is 8. The van der Waals surface area contributed by atoms with Crippen molar-refractivity contribution >= 4 is 40.7 Å². The molecule has 11 nitrogen and oxygen atoms in total. The van der Waals surface area contributed by atoms with E-state index in [0.717, 1.165) is 28.7 Å². The quantitative estimate of drug-likeness (QED) is 0.162. The molecule has 2 aromatic carbocycles. The number of halogens is 2. The summed E-state index contributed by atoms with van der Waals surface area (Å²) in [6.07, 6.45) is 2.97. The van der Waals surface area contributed by atoms with E-state index in [-0.39, 0.29) is 23.6 Å². The molecule has 13 heteroatoms. The molecular weight excluding hydrogens is 627 g/mol. The second-order valence-corrected chi connectivity index (χ2v) is 11.6. The Labute approximate surface area is 275 Å². The summed E-state index contributed by atoms with van der Waals surface area (Å²) in [4.78, 5) is 33.0. The monoisotopic (exact) mass is 658 g/mol. The maximum atomic E-state index is 12.4. The molecule has 46 heavy (non-hydrogen) atoms. The molecule has 0 aliphatic carbocycles. The molecule has 236 valence electrons. The summed E-state index contributed by atoms with van der Waals surface area (Å²) in [5.74, 6) is 0.263. The van der Waals surface area contributed by atoms with Gasteiger partial charge in [0.25, 0.3) is 5.91 Å². The van der Waals surface area contributed by atoms with E-state index in [0.29, 0.717) is 71.1 Å². The van der Waals surface area contributed by atoms with E-state index in [1.54, 1.807) is 23.9 Å². The number of hydrogen-bond donors (Lipinski definition) is 4. The fraction of sp³-hybridized carbons (Fsp3) is 0.242. The summed E-state index contributed by atoms with van der Waals surface area (Å²) < 4.78 is 7.17. The normalized spacial score (nSPS) is 14.4. The highest BCUT2D eigenvalue weighted by molar-refractivity contribution is 6.39. The lowest BCUT2D eigenvalue weighted by atomic mass is 9.98. The van der Waals surface area contributed by atoms with Crippen molar-refractivity contribution in [3.63, 3.8) is 0 Å². The number of pyridine rings is 1. The van der Waals surface area contributed by atoms with Crippen LogP contribution < -0.4 is 26.4 Å². The molecule has 1 saturated heterocycles. The van der Waals surface area contributed by atoms with Crippen molar-refractivity contribution in [2.75, 3.05) is 26.7 Å². The Morgan fingerprint density at radius 3 is 2.37 bits per heavy atom. The summed E-state index contributed by atoms with van der Waals surface area (Å²) in [6.45, 7) is 1.90. The van der Waals surface area contributed by atoms with Gasteiger partial charge in [-0.2, -0.15) is 5.10 Å². The lowest BCUT2D eigenvalue weighted by Crippen LogP contribution is -2.35. The number of carbonyl (C=O) groups excluding carboxylic acids is 2. The fourth-order valence-corrected chi connectivity index (χ4v) is 6.08. The van der Waals surface area contributed by atoms with E-state index in [1.165, 1.54) is 0 Å². The van der Waals surface area contributed by atoms with E-state index in [9.17, 15) is 9.59 Å². The second kappa shape index (κ2) is 13.8. The predicted molar refractivity (Wildman–Crippen MR) is 178 cm³/mol. The van der Waals surface area contributed by atoms with Gasteiger partial charge in [0.15, 0.2) is 5.65 Å². The molecule has 3 aromatic heterocycles. The number of nitrogens with one attached hydrogen (secondary N) is 3. The first-order valence-electron chi connectivity index (χ1n) is 14.8.